The van der Waals surface area contributed by atoms with Crippen molar-refractivity contribution in [3.63, 3.8) is 0 Å². The number of ether oxygens (including phenoxy) is 1. The summed E-state index contributed by atoms with van der Waals surface area (Å²) in [4.78, 5) is 41.9. The van der Waals surface area contributed by atoms with Crippen molar-refractivity contribution in [2.24, 2.45) is 5.92 Å². The lowest BCUT2D eigenvalue weighted by molar-refractivity contribution is -0.137. The van der Waals surface area contributed by atoms with Gasteiger partial charge in [-0.15, -0.1) is 0 Å². The van der Waals surface area contributed by atoms with Gasteiger partial charge in [0.25, 0.3) is 0 Å². The molecule has 3 aromatic rings. The van der Waals surface area contributed by atoms with Crippen molar-refractivity contribution in [3.8, 4) is 5.75 Å². The number of fused-ring (bicyclic) bond motifs is 1. The molecule has 46 heavy (non-hydrogen) atoms. The van der Waals surface area contributed by atoms with Gasteiger partial charge >= 0.3 is 18.2 Å². The van der Waals surface area contributed by atoms with E-state index < -0.39 is 41.8 Å². The van der Waals surface area contributed by atoms with Crippen LogP contribution < -0.4 is 20.7 Å². The standard InChI is InChI=1S/C32H35F4N5O5/c1-19-16-41(20(2)18-42)29(43)15-21-14-26(38-30(44)37-24-10-6-23(33)7-11-24)12-13-27(21)46-28(19)17-40(3)31(45)39-25-8-4-22(5-9-25)32(34,35)36/h4-14,19-20,28,42H,15-18H2,1-3H3,(H,39,45)(H2,37,38,44)/t19-,20+,28+/m1/s1. The fourth-order valence-corrected chi connectivity index (χ4v) is 4.87. The number of hydrogen-bond donors (Lipinski definition) is 4. The SMILES string of the molecule is C[C@@H]1CN([C@@H](C)CO)C(=O)Cc2cc(NC(=O)Nc3ccc(F)cc3)ccc2O[C@H]1CN(C)C(=O)Nc1ccc(C(F)(F)F)cc1. The van der Waals surface area contributed by atoms with E-state index in [1.54, 1.807) is 30.0 Å². The van der Waals surface area contributed by atoms with Crippen LogP contribution in [0, 0.1) is 11.7 Å². The average Bonchev–Trinajstić information content (AvgIpc) is 3.05. The van der Waals surface area contributed by atoms with Gasteiger partial charge in [0.05, 0.1) is 31.2 Å². The number of carbonyl (C=O) groups is 3. The van der Waals surface area contributed by atoms with Crippen LogP contribution in [-0.4, -0.2) is 71.8 Å². The lowest BCUT2D eigenvalue weighted by atomic mass is 10.0. The molecule has 3 aromatic carbocycles. The van der Waals surface area contributed by atoms with Crippen molar-refractivity contribution < 1.29 is 41.8 Å². The zero-order valence-electron chi connectivity index (χ0n) is 25.4. The van der Waals surface area contributed by atoms with Gasteiger partial charge in [0.2, 0.25) is 5.91 Å². The van der Waals surface area contributed by atoms with Gasteiger partial charge in [0, 0.05) is 42.1 Å². The van der Waals surface area contributed by atoms with E-state index in [0.29, 0.717) is 22.7 Å². The van der Waals surface area contributed by atoms with Crippen LogP contribution in [0.2, 0.25) is 0 Å². The normalized spacial score (nSPS) is 17.4. The number of aliphatic hydroxyl groups excluding tert-OH is 1. The fourth-order valence-electron chi connectivity index (χ4n) is 4.87. The van der Waals surface area contributed by atoms with E-state index in [-0.39, 0.29) is 43.6 Å². The first-order chi connectivity index (χ1) is 21.7. The van der Waals surface area contributed by atoms with Gasteiger partial charge in [-0.1, -0.05) is 6.92 Å². The molecule has 246 valence electrons. The maximum Gasteiger partial charge on any atom is 0.416 e. The minimum Gasteiger partial charge on any atom is -0.488 e. The number of likely N-dealkylation sites (N-methyl/N-ethyl adjacent to an activating group) is 1. The molecule has 0 aromatic heterocycles. The Kier molecular flexibility index (Phi) is 10.7. The van der Waals surface area contributed by atoms with Crippen molar-refractivity contribution in [1.82, 2.24) is 9.80 Å². The number of aliphatic hydroxyl groups is 1. The molecule has 4 rings (SSSR count). The number of alkyl halides is 3. The molecule has 4 N–H and O–H groups in total. The monoisotopic (exact) mass is 645 g/mol. The van der Waals surface area contributed by atoms with Gasteiger partial charge < -0.3 is 35.6 Å². The van der Waals surface area contributed by atoms with E-state index in [1.807, 2.05) is 6.92 Å². The number of urea groups is 2. The summed E-state index contributed by atoms with van der Waals surface area (Å²) in [6.07, 6.45) is -5.25. The maximum absolute atomic E-state index is 13.4. The number of amides is 5. The van der Waals surface area contributed by atoms with Crippen molar-refractivity contribution in [1.29, 1.82) is 0 Å². The Bertz CT molecular complexity index is 1540. The van der Waals surface area contributed by atoms with E-state index in [1.165, 1.54) is 36.2 Å². The number of rotatable bonds is 7. The van der Waals surface area contributed by atoms with Crippen molar-refractivity contribution >= 4 is 35.0 Å². The minimum atomic E-state index is -4.50. The highest BCUT2D eigenvalue weighted by Crippen LogP contribution is 2.31. The Balaban J connectivity index is 1.53. The van der Waals surface area contributed by atoms with E-state index in [2.05, 4.69) is 16.0 Å². The summed E-state index contributed by atoms with van der Waals surface area (Å²) in [6.45, 7) is 3.52. The van der Waals surface area contributed by atoms with Gasteiger partial charge in [0.1, 0.15) is 17.7 Å². The highest BCUT2D eigenvalue weighted by atomic mass is 19.4. The predicted octanol–water partition coefficient (Wildman–Crippen LogP) is 5.80. The molecule has 0 bridgehead atoms. The molecule has 10 nitrogen and oxygen atoms in total. The number of hydrogen-bond acceptors (Lipinski definition) is 5. The summed E-state index contributed by atoms with van der Waals surface area (Å²) >= 11 is 0. The zero-order valence-corrected chi connectivity index (χ0v) is 25.4. The topological polar surface area (TPSA) is 123 Å². The van der Waals surface area contributed by atoms with E-state index in [4.69, 9.17) is 4.74 Å². The molecule has 0 spiro atoms. The Morgan fingerprint density at radius 1 is 1.00 bits per heavy atom. The Hall–Kier alpha value is -4.85. The van der Waals surface area contributed by atoms with Gasteiger partial charge in [-0.05, 0) is 73.7 Å². The molecule has 1 aliphatic heterocycles. The quantitative estimate of drug-likeness (QED) is 0.242. The van der Waals surface area contributed by atoms with E-state index in [0.717, 1.165) is 24.3 Å². The second-order valence-electron chi connectivity index (χ2n) is 11.2. The molecule has 0 unspecified atom stereocenters. The zero-order chi connectivity index (χ0) is 33.6. The number of nitrogens with one attached hydrogen (secondary N) is 3. The van der Waals surface area contributed by atoms with Gasteiger partial charge in [-0.3, -0.25) is 4.79 Å². The van der Waals surface area contributed by atoms with Crippen LogP contribution in [0.1, 0.15) is 25.0 Å². The number of benzene rings is 3. The van der Waals surface area contributed by atoms with Crippen molar-refractivity contribution in [3.05, 3.63) is 83.7 Å². The highest BCUT2D eigenvalue weighted by molar-refractivity contribution is 6.00. The third-order valence-electron chi connectivity index (χ3n) is 7.54. The van der Waals surface area contributed by atoms with Gasteiger partial charge in [-0.25, -0.2) is 14.0 Å². The van der Waals surface area contributed by atoms with Crippen molar-refractivity contribution in [2.45, 2.75) is 38.6 Å². The fraction of sp³-hybridized carbons (Fsp3) is 0.344. The maximum atomic E-state index is 13.4. The number of nitrogens with zero attached hydrogens (tertiary/aromatic N) is 2. The van der Waals surface area contributed by atoms with Crippen LogP contribution in [0.25, 0.3) is 0 Å². The third kappa shape index (κ3) is 8.87. The number of halogens is 4. The number of anilines is 3. The van der Waals surface area contributed by atoms with Crippen LogP contribution in [-0.2, 0) is 17.4 Å². The molecule has 0 saturated heterocycles. The van der Waals surface area contributed by atoms with E-state index >= 15 is 0 Å². The summed E-state index contributed by atoms with van der Waals surface area (Å²) in [6, 6.07) is 12.4. The summed E-state index contributed by atoms with van der Waals surface area (Å²) in [5.74, 6) is -0.703. The summed E-state index contributed by atoms with van der Waals surface area (Å²) in [5.41, 5.74) is 0.519. The lowest BCUT2D eigenvalue weighted by Crippen LogP contribution is -2.48. The smallest absolute Gasteiger partial charge is 0.416 e. The Labute approximate surface area is 263 Å². The molecule has 14 heteroatoms. The second-order valence-corrected chi connectivity index (χ2v) is 11.2. The molecule has 0 radical (unpaired) electrons. The Morgan fingerprint density at radius 2 is 1.59 bits per heavy atom. The first kappa shape index (κ1) is 34.0. The Morgan fingerprint density at radius 3 is 2.22 bits per heavy atom. The molecule has 1 aliphatic rings. The van der Waals surface area contributed by atoms with Crippen LogP contribution in [0.4, 0.5) is 44.2 Å². The first-order valence-corrected chi connectivity index (χ1v) is 14.5. The molecular formula is C32H35F4N5O5. The summed E-state index contributed by atoms with van der Waals surface area (Å²) in [7, 11) is 1.51. The highest BCUT2D eigenvalue weighted by Gasteiger charge is 2.32. The molecule has 1 heterocycles. The average molecular weight is 646 g/mol. The minimum absolute atomic E-state index is 0.0443. The summed E-state index contributed by atoms with van der Waals surface area (Å²) in [5, 5.41) is 17.7. The van der Waals surface area contributed by atoms with Gasteiger partial charge in [0.15, 0.2) is 0 Å². The largest absolute Gasteiger partial charge is 0.488 e. The van der Waals surface area contributed by atoms with E-state index in [9.17, 15) is 37.1 Å². The number of carbonyl (C=O) groups excluding carboxylic acids is 3. The summed E-state index contributed by atoms with van der Waals surface area (Å²) < 4.78 is 58.3. The van der Waals surface area contributed by atoms with Crippen LogP contribution in [0.15, 0.2) is 66.7 Å². The van der Waals surface area contributed by atoms with Crippen molar-refractivity contribution in [2.75, 3.05) is 42.7 Å². The van der Waals surface area contributed by atoms with Gasteiger partial charge in [-0.2, -0.15) is 13.2 Å². The molecule has 0 fully saturated rings. The molecule has 3 atom stereocenters. The van der Waals surface area contributed by atoms with Crippen LogP contribution in [0.5, 0.6) is 5.75 Å². The lowest BCUT2D eigenvalue weighted by Gasteiger charge is -2.34. The molecule has 0 aliphatic carbocycles. The third-order valence-corrected chi connectivity index (χ3v) is 7.54. The molecule has 0 saturated carbocycles. The molecular weight excluding hydrogens is 610 g/mol. The van der Waals surface area contributed by atoms with Crippen LogP contribution >= 0.6 is 0 Å². The molecule has 5 amide bonds. The van der Waals surface area contributed by atoms with Crippen LogP contribution in [0.3, 0.4) is 0 Å². The predicted molar refractivity (Wildman–Crippen MR) is 164 cm³/mol. The first-order valence-electron chi connectivity index (χ1n) is 14.5. The second kappa shape index (κ2) is 14.5.